The number of hydrogen-bond donors (Lipinski definition) is 0. The van der Waals surface area contributed by atoms with Gasteiger partial charge in [0.2, 0.25) is 0 Å². The number of rotatable bonds is 3. The van der Waals surface area contributed by atoms with Crippen LogP contribution in [0.5, 0.6) is 0 Å². The van der Waals surface area contributed by atoms with E-state index in [1.165, 1.54) is 6.92 Å². The van der Waals surface area contributed by atoms with Crippen LogP contribution in [0.3, 0.4) is 0 Å². The number of alkyl halides is 1. The molecular formula is C9H12BrF. The molecule has 0 aromatic rings. The Morgan fingerprint density at radius 3 is 2.27 bits per heavy atom. The summed E-state index contributed by atoms with van der Waals surface area (Å²) in [7, 11) is 0. The van der Waals surface area contributed by atoms with Gasteiger partial charge in [-0.3, -0.25) is 0 Å². The summed E-state index contributed by atoms with van der Waals surface area (Å²) >= 11 is 3.19. The fraction of sp³-hybridized carbons (Fsp3) is 0.333. The van der Waals surface area contributed by atoms with E-state index in [0.29, 0.717) is 10.9 Å². The monoisotopic (exact) mass is 218 g/mol. The molecule has 0 bridgehead atoms. The predicted octanol–water partition coefficient (Wildman–Crippen LogP) is 3.76. The van der Waals surface area contributed by atoms with E-state index in [-0.39, 0.29) is 5.83 Å². The molecule has 62 valence electrons. The van der Waals surface area contributed by atoms with Crippen LogP contribution >= 0.6 is 15.9 Å². The topological polar surface area (TPSA) is 0 Å². The highest BCUT2D eigenvalue weighted by Crippen LogP contribution is 2.10. The minimum atomic E-state index is -0.153. The Hall–Kier alpha value is -0.370. The van der Waals surface area contributed by atoms with Crippen molar-refractivity contribution in [1.82, 2.24) is 0 Å². The maximum Gasteiger partial charge on any atom is 0.101 e. The average molecular weight is 219 g/mol. The van der Waals surface area contributed by atoms with Crippen LogP contribution < -0.4 is 0 Å². The molecule has 0 saturated carbocycles. The van der Waals surface area contributed by atoms with Crippen LogP contribution in [0.15, 0.2) is 35.7 Å². The normalized spacial score (nSPS) is 13.5. The van der Waals surface area contributed by atoms with Crippen LogP contribution in [0.1, 0.15) is 13.8 Å². The van der Waals surface area contributed by atoms with E-state index >= 15 is 0 Å². The van der Waals surface area contributed by atoms with Crippen molar-refractivity contribution < 1.29 is 4.39 Å². The maximum atomic E-state index is 12.6. The molecule has 0 aliphatic heterocycles. The third-order valence-electron chi connectivity index (χ3n) is 1.16. The molecule has 0 aliphatic carbocycles. The zero-order valence-electron chi connectivity index (χ0n) is 6.82. The molecule has 0 aromatic carbocycles. The Kier molecular flexibility index (Phi) is 5.12. The summed E-state index contributed by atoms with van der Waals surface area (Å²) in [6.45, 7) is 6.99. The fourth-order valence-corrected chi connectivity index (χ4v) is 1.07. The van der Waals surface area contributed by atoms with Crippen LogP contribution in [0, 0.1) is 0 Å². The molecule has 0 spiro atoms. The van der Waals surface area contributed by atoms with Gasteiger partial charge >= 0.3 is 0 Å². The lowest BCUT2D eigenvalue weighted by atomic mass is 10.2. The summed E-state index contributed by atoms with van der Waals surface area (Å²) in [4.78, 5) is 0. The van der Waals surface area contributed by atoms with Gasteiger partial charge in [-0.05, 0) is 19.4 Å². The van der Waals surface area contributed by atoms with Gasteiger partial charge in [-0.25, -0.2) is 4.39 Å². The Balaban J connectivity index is 4.33. The summed E-state index contributed by atoms with van der Waals surface area (Å²) < 4.78 is 12.6. The quantitative estimate of drug-likeness (QED) is 0.500. The van der Waals surface area contributed by atoms with Crippen molar-refractivity contribution in [3.63, 3.8) is 0 Å². The van der Waals surface area contributed by atoms with Crippen LogP contribution in [0.4, 0.5) is 4.39 Å². The number of halogens is 2. The molecule has 0 heterocycles. The number of allylic oxidation sites excluding steroid dienone is 5. The highest BCUT2D eigenvalue weighted by atomic mass is 79.9. The molecule has 0 N–H and O–H groups in total. The molecule has 11 heavy (non-hydrogen) atoms. The Labute approximate surface area is 75.6 Å². The molecule has 0 amide bonds. The van der Waals surface area contributed by atoms with Gasteiger partial charge < -0.3 is 0 Å². The second kappa shape index (κ2) is 5.30. The molecule has 0 nitrogen and oxygen atoms in total. The van der Waals surface area contributed by atoms with E-state index in [4.69, 9.17) is 0 Å². The van der Waals surface area contributed by atoms with Gasteiger partial charge in [0.25, 0.3) is 0 Å². The maximum absolute atomic E-state index is 12.6. The lowest BCUT2D eigenvalue weighted by Gasteiger charge is -1.95. The Bertz CT molecular complexity index is 198. The third kappa shape index (κ3) is 4.96. The molecule has 0 unspecified atom stereocenters. The van der Waals surface area contributed by atoms with Crippen molar-refractivity contribution in [2.24, 2.45) is 0 Å². The van der Waals surface area contributed by atoms with Crippen molar-refractivity contribution in [2.75, 3.05) is 5.33 Å². The van der Waals surface area contributed by atoms with Gasteiger partial charge in [-0.2, -0.15) is 0 Å². The van der Waals surface area contributed by atoms with Gasteiger partial charge in [0.05, 0.1) is 0 Å². The molecule has 0 aromatic heterocycles. The summed E-state index contributed by atoms with van der Waals surface area (Å²) in [5.74, 6) is -0.153. The standard InChI is InChI=1S/C9H12BrF/c1-7(2)4-5-9(6-10)8(3)11/h4-5H,1,6H2,2-3H3/b5-4-,9-8-. The summed E-state index contributed by atoms with van der Waals surface area (Å²) in [6, 6.07) is 0. The SMILES string of the molecule is C=C(C)/C=C\C(CBr)=C(/C)F. The van der Waals surface area contributed by atoms with Gasteiger partial charge in [-0.1, -0.05) is 40.2 Å². The van der Waals surface area contributed by atoms with E-state index in [1.807, 2.05) is 6.92 Å². The third-order valence-corrected chi connectivity index (χ3v) is 1.76. The smallest absolute Gasteiger partial charge is 0.101 e. The first-order chi connectivity index (χ1) is 5.07. The van der Waals surface area contributed by atoms with Crippen LogP contribution in [0.25, 0.3) is 0 Å². The molecule has 0 saturated heterocycles. The zero-order valence-corrected chi connectivity index (χ0v) is 8.41. The Morgan fingerprint density at radius 2 is 2.00 bits per heavy atom. The van der Waals surface area contributed by atoms with Crippen LogP contribution in [0.2, 0.25) is 0 Å². The highest BCUT2D eigenvalue weighted by Gasteiger charge is 1.94. The van der Waals surface area contributed by atoms with E-state index in [2.05, 4.69) is 22.5 Å². The number of hydrogen-bond acceptors (Lipinski definition) is 0. The second-order valence-electron chi connectivity index (χ2n) is 2.37. The van der Waals surface area contributed by atoms with Crippen molar-refractivity contribution >= 4 is 15.9 Å². The second-order valence-corrected chi connectivity index (χ2v) is 2.93. The van der Waals surface area contributed by atoms with E-state index in [9.17, 15) is 4.39 Å². The van der Waals surface area contributed by atoms with Gasteiger partial charge in [0, 0.05) is 5.33 Å². The zero-order chi connectivity index (χ0) is 8.85. The molecule has 0 fully saturated rings. The minimum absolute atomic E-state index is 0.153. The largest absolute Gasteiger partial charge is 0.212 e. The Morgan fingerprint density at radius 1 is 1.45 bits per heavy atom. The lowest BCUT2D eigenvalue weighted by molar-refractivity contribution is 0.632. The minimum Gasteiger partial charge on any atom is -0.212 e. The van der Waals surface area contributed by atoms with Crippen LogP contribution in [-0.2, 0) is 0 Å². The van der Waals surface area contributed by atoms with Gasteiger partial charge in [0.15, 0.2) is 0 Å². The highest BCUT2D eigenvalue weighted by molar-refractivity contribution is 9.09. The van der Waals surface area contributed by atoms with E-state index < -0.39 is 0 Å². The van der Waals surface area contributed by atoms with E-state index in [0.717, 1.165) is 5.57 Å². The van der Waals surface area contributed by atoms with Crippen molar-refractivity contribution in [3.05, 3.63) is 35.7 Å². The molecule has 2 heteroatoms. The summed E-state index contributed by atoms with van der Waals surface area (Å²) in [5, 5.41) is 0.541. The van der Waals surface area contributed by atoms with Crippen molar-refractivity contribution in [3.8, 4) is 0 Å². The first-order valence-corrected chi connectivity index (χ1v) is 4.45. The lowest BCUT2D eigenvalue weighted by Crippen LogP contribution is -1.81. The van der Waals surface area contributed by atoms with Gasteiger partial charge in [-0.15, -0.1) is 0 Å². The first kappa shape index (κ1) is 10.6. The average Bonchev–Trinajstić information content (AvgIpc) is 1.87. The first-order valence-electron chi connectivity index (χ1n) is 3.32. The van der Waals surface area contributed by atoms with Crippen molar-refractivity contribution in [1.29, 1.82) is 0 Å². The van der Waals surface area contributed by atoms with E-state index in [1.54, 1.807) is 12.2 Å². The van der Waals surface area contributed by atoms with Gasteiger partial charge in [0.1, 0.15) is 5.83 Å². The molecule has 0 atom stereocenters. The molecule has 0 radical (unpaired) electrons. The van der Waals surface area contributed by atoms with Crippen LogP contribution in [-0.4, -0.2) is 5.33 Å². The molecule has 0 aliphatic rings. The molecule has 0 rings (SSSR count). The van der Waals surface area contributed by atoms with Crippen molar-refractivity contribution in [2.45, 2.75) is 13.8 Å². The summed E-state index contributed by atoms with van der Waals surface area (Å²) in [5.41, 5.74) is 1.58. The molecular weight excluding hydrogens is 207 g/mol. The summed E-state index contributed by atoms with van der Waals surface area (Å²) in [6.07, 6.45) is 3.52. The predicted molar refractivity (Wildman–Crippen MR) is 51.6 cm³/mol. The fourth-order valence-electron chi connectivity index (χ4n) is 0.494.